The minimum Gasteiger partial charge on any atom is -0.496 e. The summed E-state index contributed by atoms with van der Waals surface area (Å²) >= 11 is 0. The molecule has 5 rings (SSSR count). The van der Waals surface area contributed by atoms with Crippen molar-refractivity contribution in [3.8, 4) is 23.1 Å². The molecule has 0 aliphatic carbocycles. The molecule has 0 spiro atoms. The quantitative estimate of drug-likeness (QED) is 0.343. The Bertz CT molecular complexity index is 1360. The average molecular weight is 481 g/mol. The molecule has 184 valence electrons. The van der Waals surface area contributed by atoms with Gasteiger partial charge in [0, 0.05) is 44.1 Å². The molecule has 1 aliphatic rings. The van der Waals surface area contributed by atoms with Crippen LogP contribution < -0.4 is 4.74 Å². The number of benzene rings is 2. The van der Waals surface area contributed by atoms with Crippen molar-refractivity contribution in [2.45, 2.75) is 45.9 Å². The van der Waals surface area contributed by atoms with Gasteiger partial charge in [-0.15, -0.1) is 0 Å². The summed E-state index contributed by atoms with van der Waals surface area (Å²) in [4.78, 5) is 12.2. The monoisotopic (exact) mass is 480 g/mol. The molecule has 4 aromatic rings. The molecule has 1 aliphatic heterocycles. The van der Waals surface area contributed by atoms with Gasteiger partial charge in [-0.3, -0.25) is 4.90 Å². The molecule has 0 saturated carbocycles. The highest BCUT2D eigenvalue weighted by Gasteiger charge is 2.34. The zero-order valence-electron chi connectivity index (χ0n) is 21.1. The van der Waals surface area contributed by atoms with Gasteiger partial charge in [0.15, 0.2) is 0 Å². The van der Waals surface area contributed by atoms with Gasteiger partial charge in [0.2, 0.25) is 0 Å². The van der Waals surface area contributed by atoms with Gasteiger partial charge in [0.05, 0.1) is 42.5 Å². The van der Waals surface area contributed by atoms with E-state index in [1.54, 1.807) is 7.11 Å². The fourth-order valence-corrected chi connectivity index (χ4v) is 5.10. The summed E-state index contributed by atoms with van der Waals surface area (Å²) in [6.07, 6.45) is 7.12. The number of aromatic nitrogens is 4. The minimum absolute atomic E-state index is 0.213. The molecule has 0 radical (unpaired) electrons. The van der Waals surface area contributed by atoms with Gasteiger partial charge < -0.3 is 13.9 Å². The van der Waals surface area contributed by atoms with Crippen molar-refractivity contribution in [3.05, 3.63) is 89.9 Å². The number of nitriles is 1. The van der Waals surface area contributed by atoms with E-state index < -0.39 is 0 Å². The summed E-state index contributed by atoms with van der Waals surface area (Å²) in [5.74, 6) is 2.41. The van der Waals surface area contributed by atoms with Gasteiger partial charge in [0.1, 0.15) is 11.6 Å². The third kappa shape index (κ3) is 4.65. The molecule has 7 heteroatoms. The predicted octanol–water partition coefficient (Wildman–Crippen LogP) is 5.28. The van der Waals surface area contributed by atoms with Gasteiger partial charge in [-0.1, -0.05) is 44.5 Å². The lowest BCUT2D eigenvalue weighted by Gasteiger charge is -2.39. The largest absolute Gasteiger partial charge is 0.496 e. The number of imidazole rings is 2. The number of para-hydroxylation sites is 1. The van der Waals surface area contributed by atoms with Gasteiger partial charge >= 0.3 is 0 Å². The number of nitrogens with zero attached hydrogens (tertiary/aromatic N) is 6. The highest BCUT2D eigenvalue weighted by Crippen LogP contribution is 2.37. The molecule has 0 N–H and O–H groups in total. The van der Waals surface area contributed by atoms with Gasteiger partial charge in [-0.2, -0.15) is 5.26 Å². The molecule has 2 aromatic carbocycles. The zero-order chi connectivity index (χ0) is 25.1. The van der Waals surface area contributed by atoms with Gasteiger partial charge in [-0.05, 0) is 35.7 Å². The summed E-state index contributed by atoms with van der Waals surface area (Å²) in [5, 5.41) is 9.08. The lowest BCUT2D eigenvalue weighted by molar-refractivity contribution is 0.0967. The summed E-state index contributed by atoms with van der Waals surface area (Å²) in [7, 11) is 1.71. The van der Waals surface area contributed by atoms with Crippen molar-refractivity contribution in [1.29, 1.82) is 5.26 Å². The summed E-state index contributed by atoms with van der Waals surface area (Å²) in [6, 6.07) is 18.3. The Morgan fingerprint density at radius 2 is 1.92 bits per heavy atom. The first-order valence-electron chi connectivity index (χ1n) is 12.5. The van der Waals surface area contributed by atoms with E-state index >= 15 is 0 Å². The highest BCUT2D eigenvalue weighted by atomic mass is 16.5. The molecular weight excluding hydrogens is 448 g/mol. The fraction of sp³-hybridized carbons (Fsp3) is 0.345. The molecule has 0 saturated heterocycles. The Hall–Kier alpha value is -3.89. The Labute approximate surface area is 212 Å². The first-order chi connectivity index (χ1) is 17.6. The number of rotatable bonds is 8. The molecule has 0 bridgehead atoms. The molecule has 0 amide bonds. The van der Waals surface area contributed by atoms with E-state index in [0.29, 0.717) is 11.5 Å². The van der Waals surface area contributed by atoms with Crippen LogP contribution in [0.3, 0.4) is 0 Å². The van der Waals surface area contributed by atoms with Crippen LogP contribution in [0.2, 0.25) is 0 Å². The van der Waals surface area contributed by atoms with Crippen molar-refractivity contribution in [2.24, 2.45) is 5.92 Å². The molecule has 0 fully saturated rings. The predicted molar refractivity (Wildman–Crippen MR) is 139 cm³/mol. The molecule has 2 aromatic heterocycles. The van der Waals surface area contributed by atoms with E-state index in [0.717, 1.165) is 61.0 Å². The number of ether oxygens (including phenoxy) is 1. The van der Waals surface area contributed by atoms with Gasteiger partial charge in [-0.25, -0.2) is 9.97 Å². The smallest absolute Gasteiger partial charge is 0.128 e. The van der Waals surface area contributed by atoms with Crippen LogP contribution in [0.5, 0.6) is 5.75 Å². The molecule has 3 heterocycles. The van der Waals surface area contributed by atoms with Crippen molar-refractivity contribution in [3.63, 3.8) is 0 Å². The van der Waals surface area contributed by atoms with Gasteiger partial charge in [0.25, 0.3) is 0 Å². The van der Waals surface area contributed by atoms with Crippen LogP contribution in [-0.4, -0.2) is 37.7 Å². The molecular formula is C29H32N6O. The molecule has 2 atom stereocenters. The summed E-state index contributed by atoms with van der Waals surface area (Å²) in [5.41, 5.74) is 5.00. The van der Waals surface area contributed by atoms with Crippen molar-refractivity contribution >= 4 is 0 Å². The second kappa shape index (κ2) is 10.4. The van der Waals surface area contributed by atoms with Crippen LogP contribution in [-0.2, 0) is 19.6 Å². The topological polar surface area (TPSA) is 71.9 Å². The van der Waals surface area contributed by atoms with E-state index in [-0.39, 0.29) is 6.04 Å². The summed E-state index contributed by atoms with van der Waals surface area (Å²) < 4.78 is 10.1. The fourth-order valence-electron chi connectivity index (χ4n) is 5.10. The Balaban J connectivity index is 1.42. The Kier molecular flexibility index (Phi) is 6.88. The van der Waals surface area contributed by atoms with Crippen LogP contribution in [0.15, 0.2) is 67.3 Å². The first-order valence-corrected chi connectivity index (χ1v) is 12.5. The third-order valence-corrected chi connectivity index (χ3v) is 7.26. The van der Waals surface area contributed by atoms with E-state index in [4.69, 9.17) is 15.0 Å². The summed E-state index contributed by atoms with van der Waals surface area (Å²) in [6.45, 7) is 7.96. The highest BCUT2D eigenvalue weighted by molar-refractivity contribution is 5.66. The normalized spacial score (nSPS) is 16.3. The second-order valence-corrected chi connectivity index (χ2v) is 9.50. The molecule has 2 unspecified atom stereocenters. The van der Waals surface area contributed by atoms with Crippen LogP contribution in [0, 0.1) is 17.2 Å². The average Bonchev–Trinajstić information content (AvgIpc) is 3.55. The molecule has 7 nitrogen and oxygen atoms in total. The number of hydrogen-bond donors (Lipinski definition) is 0. The second-order valence-electron chi connectivity index (χ2n) is 9.50. The van der Waals surface area contributed by atoms with Crippen LogP contribution in [0.4, 0.5) is 0 Å². The third-order valence-electron chi connectivity index (χ3n) is 7.26. The number of methoxy groups -OCH3 is 1. The van der Waals surface area contributed by atoms with Crippen LogP contribution in [0.25, 0.3) is 11.3 Å². The van der Waals surface area contributed by atoms with Crippen LogP contribution in [0.1, 0.15) is 49.0 Å². The maximum atomic E-state index is 9.08. The lowest BCUT2D eigenvalue weighted by Crippen LogP contribution is -2.41. The standard InChI is InChI=1S/C29H32N6O/c1-4-21(2)28-29-32-26(25-7-5-6-8-27(25)36-3)19-34(29)14-13-33(28)18-24-16-31-20-35(24)17-23-11-9-22(15-30)10-12-23/h5-12,16,19-21,28H,4,13-14,17-18H2,1-3H3. The van der Waals surface area contributed by atoms with Crippen molar-refractivity contribution in [1.82, 2.24) is 24.0 Å². The maximum Gasteiger partial charge on any atom is 0.128 e. The van der Waals surface area contributed by atoms with Crippen molar-refractivity contribution in [2.75, 3.05) is 13.7 Å². The van der Waals surface area contributed by atoms with E-state index in [1.807, 2.05) is 55.0 Å². The Morgan fingerprint density at radius 1 is 1.11 bits per heavy atom. The SMILES string of the molecule is CCC(C)C1c2nc(-c3ccccc3OC)cn2CCN1Cc1cncn1Cc1ccc(C#N)cc1. The maximum absolute atomic E-state index is 9.08. The lowest BCUT2D eigenvalue weighted by atomic mass is 9.95. The van der Waals surface area contributed by atoms with Crippen molar-refractivity contribution < 1.29 is 4.74 Å². The zero-order valence-corrected chi connectivity index (χ0v) is 21.1. The molecule has 36 heavy (non-hydrogen) atoms. The van der Waals surface area contributed by atoms with E-state index in [2.05, 4.69) is 51.2 Å². The first kappa shape index (κ1) is 23.8. The van der Waals surface area contributed by atoms with E-state index in [9.17, 15) is 0 Å². The Morgan fingerprint density at radius 3 is 2.67 bits per heavy atom. The van der Waals surface area contributed by atoms with Crippen LogP contribution >= 0.6 is 0 Å². The van der Waals surface area contributed by atoms with E-state index in [1.165, 1.54) is 5.69 Å². The minimum atomic E-state index is 0.213. The number of fused-ring (bicyclic) bond motifs is 1. The number of hydrogen-bond acceptors (Lipinski definition) is 5.